The number of benzene rings is 1. The Bertz CT molecular complexity index is 446. The van der Waals surface area contributed by atoms with Gasteiger partial charge in [0.1, 0.15) is 11.3 Å². The number of nitrogens with one attached hydrogen (secondary N) is 1. The van der Waals surface area contributed by atoms with E-state index in [1.807, 2.05) is 25.1 Å². The van der Waals surface area contributed by atoms with Gasteiger partial charge < -0.3 is 15.2 Å². The molecule has 0 spiro atoms. The van der Waals surface area contributed by atoms with Crippen LogP contribution in [-0.2, 0) is 16.0 Å². The fourth-order valence-corrected chi connectivity index (χ4v) is 2.61. The van der Waals surface area contributed by atoms with Gasteiger partial charge in [-0.15, -0.1) is 0 Å². The lowest BCUT2D eigenvalue weighted by Crippen LogP contribution is -2.45. The van der Waals surface area contributed by atoms with Gasteiger partial charge in [-0.25, -0.2) is 0 Å². The van der Waals surface area contributed by atoms with Crippen LogP contribution in [0, 0.1) is 5.92 Å². The Labute approximate surface area is 107 Å². The van der Waals surface area contributed by atoms with Crippen molar-refractivity contribution in [1.29, 1.82) is 0 Å². The number of hydrogen-bond acceptors (Lipinski definition) is 4. The fourth-order valence-electron chi connectivity index (χ4n) is 2.61. The second kappa shape index (κ2) is 4.98. The van der Waals surface area contributed by atoms with Crippen LogP contribution in [0.5, 0.6) is 5.75 Å². The molecule has 1 aliphatic rings. The molecular weight excluding hydrogens is 230 g/mol. The van der Waals surface area contributed by atoms with Crippen LogP contribution in [0.15, 0.2) is 24.3 Å². The van der Waals surface area contributed by atoms with E-state index in [-0.39, 0.29) is 5.97 Å². The highest BCUT2D eigenvalue weighted by Gasteiger charge is 2.41. The summed E-state index contributed by atoms with van der Waals surface area (Å²) in [6.45, 7) is 2.63. The molecule has 0 bridgehead atoms. The molecule has 1 fully saturated rings. The third-order valence-corrected chi connectivity index (χ3v) is 3.61. The first-order chi connectivity index (χ1) is 8.55. The van der Waals surface area contributed by atoms with E-state index in [0.717, 1.165) is 24.9 Å². The van der Waals surface area contributed by atoms with Gasteiger partial charge in [-0.1, -0.05) is 18.2 Å². The van der Waals surface area contributed by atoms with Crippen molar-refractivity contribution in [2.45, 2.75) is 25.3 Å². The summed E-state index contributed by atoms with van der Waals surface area (Å²) in [5.41, 5.74) is 0.336. The van der Waals surface area contributed by atoms with Crippen molar-refractivity contribution in [3.05, 3.63) is 29.8 Å². The van der Waals surface area contributed by atoms with Gasteiger partial charge >= 0.3 is 5.97 Å². The van der Waals surface area contributed by atoms with E-state index in [2.05, 4.69) is 5.32 Å². The topological polar surface area (TPSA) is 58.6 Å². The summed E-state index contributed by atoms with van der Waals surface area (Å²) in [6, 6.07) is 7.33. The highest BCUT2D eigenvalue weighted by atomic mass is 16.5. The molecule has 2 rings (SSSR count). The van der Waals surface area contributed by atoms with Gasteiger partial charge in [-0.3, -0.25) is 4.79 Å². The van der Waals surface area contributed by atoms with Gasteiger partial charge in [-0.05, 0) is 43.9 Å². The Morgan fingerprint density at radius 3 is 2.94 bits per heavy atom. The molecule has 0 saturated carbocycles. The first-order valence-electron chi connectivity index (χ1n) is 6.15. The molecule has 0 aliphatic carbocycles. The molecule has 1 heterocycles. The standard InChI is InChI=1S/C14H19NO3/c1-14(13(17)18-2)8-10(9-15-14)7-11-5-3-4-6-12(11)16/h3-6,10,15-16H,7-9H2,1-2H3. The molecule has 1 saturated heterocycles. The van der Waals surface area contributed by atoms with Crippen molar-refractivity contribution in [1.82, 2.24) is 5.32 Å². The van der Waals surface area contributed by atoms with Crippen LogP contribution in [0.2, 0.25) is 0 Å². The Hall–Kier alpha value is -1.55. The molecule has 2 N–H and O–H groups in total. The van der Waals surface area contributed by atoms with Gasteiger partial charge in [0.25, 0.3) is 0 Å². The SMILES string of the molecule is COC(=O)C1(C)CC(Cc2ccccc2O)CN1. The van der Waals surface area contributed by atoms with E-state index >= 15 is 0 Å². The number of ether oxygens (including phenoxy) is 1. The summed E-state index contributed by atoms with van der Waals surface area (Å²) in [6.07, 6.45) is 1.50. The minimum absolute atomic E-state index is 0.220. The lowest BCUT2D eigenvalue weighted by atomic mass is 9.90. The van der Waals surface area contributed by atoms with E-state index in [0.29, 0.717) is 11.7 Å². The predicted molar refractivity (Wildman–Crippen MR) is 68.3 cm³/mol. The largest absolute Gasteiger partial charge is 0.508 e. The molecule has 0 aromatic heterocycles. The third-order valence-electron chi connectivity index (χ3n) is 3.61. The molecule has 4 nitrogen and oxygen atoms in total. The first-order valence-corrected chi connectivity index (χ1v) is 6.15. The number of phenolic OH excluding ortho intramolecular Hbond substituents is 1. The lowest BCUT2D eigenvalue weighted by Gasteiger charge is -2.20. The highest BCUT2D eigenvalue weighted by Crippen LogP contribution is 2.29. The number of hydrogen-bond donors (Lipinski definition) is 2. The molecule has 1 aromatic carbocycles. The molecule has 2 unspecified atom stereocenters. The number of carbonyl (C=O) groups is 1. The predicted octanol–water partition coefficient (Wildman–Crippen LogP) is 1.48. The number of carbonyl (C=O) groups excluding carboxylic acids is 1. The minimum atomic E-state index is -0.593. The Kier molecular flexibility index (Phi) is 3.57. The van der Waals surface area contributed by atoms with Gasteiger partial charge in [0, 0.05) is 0 Å². The molecule has 1 aromatic rings. The van der Waals surface area contributed by atoms with Crippen molar-refractivity contribution < 1.29 is 14.6 Å². The maximum atomic E-state index is 11.7. The number of aromatic hydroxyl groups is 1. The molecule has 18 heavy (non-hydrogen) atoms. The zero-order valence-corrected chi connectivity index (χ0v) is 10.8. The fraction of sp³-hybridized carbons (Fsp3) is 0.500. The Morgan fingerprint density at radius 2 is 2.28 bits per heavy atom. The van der Waals surface area contributed by atoms with Crippen molar-refractivity contribution in [2.24, 2.45) is 5.92 Å². The van der Waals surface area contributed by atoms with Gasteiger partial charge in [-0.2, -0.15) is 0 Å². The van der Waals surface area contributed by atoms with E-state index < -0.39 is 5.54 Å². The second-order valence-corrected chi connectivity index (χ2v) is 5.11. The number of phenols is 1. The van der Waals surface area contributed by atoms with Crippen molar-refractivity contribution >= 4 is 5.97 Å². The molecule has 4 heteroatoms. The maximum Gasteiger partial charge on any atom is 0.325 e. The molecular formula is C14H19NO3. The number of methoxy groups -OCH3 is 1. The zero-order chi connectivity index (χ0) is 13.2. The van der Waals surface area contributed by atoms with Crippen LogP contribution in [0.4, 0.5) is 0 Å². The van der Waals surface area contributed by atoms with E-state index in [4.69, 9.17) is 4.74 Å². The number of esters is 1. The van der Waals surface area contributed by atoms with Gasteiger partial charge in [0.2, 0.25) is 0 Å². The number of para-hydroxylation sites is 1. The van der Waals surface area contributed by atoms with E-state index in [9.17, 15) is 9.90 Å². The minimum Gasteiger partial charge on any atom is -0.508 e. The Morgan fingerprint density at radius 1 is 1.56 bits per heavy atom. The second-order valence-electron chi connectivity index (χ2n) is 5.11. The third kappa shape index (κ3) is 2.48. The monoisotopic (exact) mass is 249 g/mol. The van der Waals surface area contributed by atoms with E-state index in [1.54, 1.807) is 6.07 Å². The summed E-state index contributed by atoms with van der Waals surface area (Å²) in [7, 11) is 1.41. The normalized spacial score (nSPS) is 27.1. The summed E-state index contributed by atoms with van der Waals surface area (Å²) in [4.78, 5) is 11.7. The van der Waals surface area contributed by atoms with Crippen molar-refractivity contribution in [3.63, 3.8) is 0 Å². The van der Waals surface area contributed by atoms with Crippen LogP contribution >= 0.6 is 0 Å². The summed E-state index contributed by atoms with van der Waals surface area (Å²) in [5, 5.41) is 13.0. The first kappa shape index (κ1) is 12.9. The average molecular weight is 249 g/mol. The molecule has 1 aliphatic heterocycles. The van der Waals surface area contributed by atoms with Crippen LogP contribution < -0.4 is 5.32 Å². The average Bonchev–Trinajstić information content (AvgIpc) is 2.74. The summed E-state index contributed by atoms with van der Waals surface area (Å²) >= 11 is 0. The lowest BCUT2D eigenvalue weighted by molar-refractivity contribution is -0.147. The molecule has 98 valence electrons. The Balaban J connectivity index is 2.02. The number of rotatable bonds is 3. The smallest absolute Gasteiger partial charge is 0.325 e. The summed E-state index contributed by atoms with van der Waals surface area (Å²) in [5.74, 6) is 0.439. The van der Waals surface area contributed by atoms with Crippen LogP contribution in [0.3, 0.4) is 0 Å². The van der Waals surface area contributed by atoms with Crippen molar-refractivity contribution in [2.75, 3.05) is 13.7 Å². The van der Waals surface area contributed by atoms with Crippen molar-refractivity contribution in [3.8, 4) is 5.75 Å². The van der Waals surface area contributed by atoms with Gasteiger partial charge in [0.05, 0.1) is 7.11 Å². The highest BCUT2D eigenvalue weighted by molar-refractivity contribution is 5.80. The quantitative estimate of drug-likeness (QED) is 0.797. The maximum absolute atomic E-state index is 11.7. The molecule has 2 atom stereocenters. The molecule has 0 radical (unpaired) electrons. The van der Waals surface area contributed by atoms with Crippen LogP contribution in [0.1, 0.15) is 18.9 Å². The van der Waals surface area contributed by atoms with Crippen LogP contribution in [-0.4, -0.2) is 30.3 Å². The van der Waals surface area contributed by atoms with E-state index in [1.165, 1.54) is 7.11 Å². The van der Waals surface area contributed by atoms with Crippen LogP contribution in [0.25, 0.3) is 0 Å². The zero-order valence-electron chi connectivity index (χ0n) is 10.8. The van der Waals surface area contributed by atoms with Gasteiger partial charge in [0.15, 0.2) is 0 Å². The summed E-state index contributed by atoms with van der Waals surface area (Å²) < 4.78 is 4.81. The molecule has 0 amide bonds.